The molecule has 0 spiro atoms. The van der Waals surface area contributed by atoms with Gasteiger partial charge in [-0.3, -0.25) is 0 Å². The molecule has 1 heteroatoms. The molecule has 0 fully saturated rings. The van der Waals surface area contributed by atoms with Crippen LogP contribution in [0.5, 0.6) is 0 Å². The zero-order valence-corrected chi connectivity index (χ0v) is 12.0. The summed E-state index contributed by atoms with van der Waals surface area (Å²) in [5, 5.41) is 0. The first-order valence-electron chi connectivity index (χ1n) is 7.02. The Labute approximate surface area is 115 Å². The molecule has 1 heterocycles. The van der Waals surface area contributed by atoms with Crippen LogP contribution in [0.1, 0.15) is 22.3 Å². The number of benzene rings is 2. The van der Waals surface area contributed by atoms with E-state index in [1.807, 2.05) is 0 Å². The van der Waals surface area contributed by atoms with Crippen molar-refractivity contribution >= 4 is 0 Å². The second-order valence-corrected chi connectivity index (χ2v) is 5.70. The third-order valence-corrected chi connectivity index (χ3v) is 4.21. The van der Waals surface area contributed by atoms with E-state index >= 15 is 0 Å². The summed E-state index contributed by atoms with van der Waals surface area (Å²) >= 11 is 0. The molecule has 0 radical (unpaired) electrons. The number of rotatable bonds is 1. The molecule has 1 nitrogen and oxygen atoms in total. The van der Waals surface area contributed by atoms with Gasteiger partial charge in [0.25, 0.3) is 0 Å². The van der Waals surface area contributed by atoms with E-state index in [1.54, 1.807) is 5.56 Å². The van der Waals surface area contributed by atoms with Crippen molar-refractivity contribution in [3.05, 3.63) is 58.7 Å². The first-order chi connectivity index (χ1) is 9.16. The van der Waals surface area contributed by atoms with Gasteiger partial charge in [0.1, 0.15) is 0 Å². The van der Waals surface area contributed by atoms with Crippen LogP contribution in [0, 0.1) is 13.8 Å². The molecule has 3 rings (SSSR count). The Morgan fingerprint density at radius 1 is 0.947 bits per heavy atom. The lowest BCUT2D eigenvalue weighted by Crippen LogP contribution is -2.26. The summed E-state index contributed by atoms with van der Waals surface area (Å²) in [5.41, 5.74) is 8.69. The first-order valence-corrected chi connectivity index (χ1v) is 7.02. The van der Waals surface area contributed by atoms with Gasteiger partial charge in [0.05, 0.1) is 0 Å². The molecule has 0 saturated heterocycles. The highest BCUT2D eigenvalue weighted by molar-refractivity contribution is 5.75. The van der Waals surface area contributed by atoms with E-state index in [9.17, 15) is 0 Å². The molecule has 19 heavy (non-hydrogen) atoms. The Hall–Kier alpha value is -1.60. The van der Waals surface area contributed by atoms with Gasteiger partial charge in [-0.2, -0.15) is 0 Å². The van der Waals surface area contributed by atoms with E-state index in [1.165, 1.54) is 27.8 Å². The van der Waals surface area contributed by atoms with Crippen LogP contribution in [-0.2, 0) is 13.0 Å². The van der Waals surface area contributed by atoms with Gasteiger partial charge in [0.2, 0.25) is 0 Å². The molecule has 0 aliphatic carbocycles. The molecular formula is C18H21N. The van der Waals surface area contributed by atoms with Gasteiger partial charge in [0, 0.05) is 13.1 Å². The SMILES string of the molecule is Cc1cccc(C)c1-c1cccc2c1CCN(C)C2. The van der Waals surface area contributed by atoms with Crippen LogP contribution in [0.2, 0.25) is 0 Å². The largest absolute Gasteiger partial charge is 0.302 e. The van der Waals surface area contributed by atoms with Crippen LogP contribution in [0.4, 0.5) is 0 Å². The van der Waals surface area contributed by atoms with Gasteiger partial charge in [-0.1, -0.05) is 36.4 Å². The Morgan fingerprint density at radius 2 is 1.63 bits per heavy atom. The molecule has 0 atom stereocenters. The smallest absolute Gasteiger partial charge is 0.0233 e. The van der Waals surface area contributed by atoms with Crippen LogP contribution in [-0.4, -0.2) is 18.5 Å². The van der Waals surface area contributed by atoms with Gasteiger partial charge in [-0.25, -0.2) is 0 Å². The Kier molecular flexibility index (Phi) is 3.16. The van der Waals surface area contributed by atoms with E-state index in [0.717, 1.165) is 19.5 Å². The topological polar surface area (TPSA) is 3.24 Å². The highest BCUT2D eigenvalue weighted by atomic mass is 15.1. The molecule has 2 aromatic rings. The second kappa shape index (κ2) is 4.82. The average molecular weight is 251 g/mol. The summed E-state index contributed by atoms with van der Waals surface area (Å²) < 4.78 is 0. The fourth-order valence-electron chi connectivity index (χ4n) is 3.22. The van der Waals surface area contributed by atoms with Gasteiger partial charge in [0.15, 0.2) is 0 Å². The van der Waals surface area contributed by atoms with Crippen LogP contribution < -0.4 is 0 Å². The highest BCUT2D eigenvalue weighted by Crippen LogP contribution is 2.33. The lowest BCUT2D eigenvalue weighted by Gasteiger charge is -2.27. The lowest BCUT2D eigenvalue weighted by atomic mass is 9.87. The molecule has 1 aliphatic rings. The second-order valence-electron chi connectivity index (χ2n) is 5.70. The molecule has 0 N–H and O–H groups in total. The van der Waals surface area contributed by atoms with E-state index in [2.05, 4.69) is 62.2 Å². The van der Waals surface area contributed by atoms with Crippen molar-refractivity contribution in [2.75, 3.05) is 13.6 Å². The normalized spacial score (nSPS) is 15.3. The van der Waals surface area contributed by atoms with Gasteiger partial charge < -0.3 is 4.90 Å². The minimum absolute atomic E-state index is 1.08. The third-order valence-electron chi connectivity index (χ3n) is 4.21. The number of hydrogen-bond donors (Lipinski definition) is 0. The zero-order valence-electron chi connectivity index (χ0n) is 12.0. The minimum atomic E-state index is 1.08. The maximum Gasteiger partial charge on any atom is 0.0233 e. The zero-order chi connectivity index (χ0) is 13.4. The van der Waals surface area contributed by atoms with E-state index in [-0.39, 0.29) is 0 Å². The fraction of sp³-hybridized carbons (Fsp3) is 0.333. The van der Waals surface area contributed by atoms with Crippen LogP contribution >= 0.6 is 0 Å². The maximum absolute atomic E-state index is 2.40. The molecule has 0 bridgehead atoms. The molecule has 98 valence electrons. The predicted molar refractivity (Wildman–Crippen MR) is 81.4 cm³/mol. The monoisotopic (exact) mass is 251 g/mol. The number of hydrogen-bond acceptors (Lipinski definition) is 1. The maximum atomic E-state index is 2.40. The van der Waals surface area contributed by atoms with Gasteiger partial charge in [-0.15, -0.1) is 0 Å². The molecule has 0 aromatic heterocycles. The van der Waals surface area contributed by atoms with Crippen molar-refractivity contribution in [1.82, 2.24) is 4.90 Å². The minimum Gasteiger partial charge on any atom is -0.302 e. The van der Waals surface area contributed by atoms with Crippen molar-refractivity contribution < 1.29 is 0 Å². The Bertz CT molecular complexity index is 593. The van der Waals surface area contributed by atoms with Crippen molar-refractivity contribution in [3.8, 4) is 11.1 Å². The number of fused-ring (bicyclic) bond motifs is 1. The quantitative estimate of drug-likeness (QED) is 0.741. The molecule has 0 unspecified atom stereocenters. The van der Waals surface area contributed by atoms with Crippen molar-refractivity contribution in [2.24, 2.45) is 0 Å². The summed E-state index contributed by atoms with van der Waals surface area (Å²) in [5.74, 6) is 0. The summed E-state index contributed by atoms with van der Waals surface area (Å²) in [4.78, 5) is 2.40. The summed E-state index contributed by atoms with van der Waals surface area (Å²) in [7, 11) is 2.20. The summed E-state index contributed by atoms with van der Waals surface area (Å²) in [6.07, 6.45) is 1.16. The molecule has 2 aromatic carbocycles. The number of aryl methyl sites for hydroxylation is 2. The van der Waals surface area contributed by atoms with E-state index in [0.29, 0.717) is 0 Å². The van der Waals surface area contributed by atoms with E-state index in [4.69, 9.17) is 0 Å². The lowest BCUT2D eigenvalue weighted by molar-refractivity contribution is 0.313. The summed E-state index contributed by atoms with van der Waals surface area (Å²) in [6, 6.07) is 13.4. The number of likely N-dealkylation sites (N-methyl/N-ethyl adjacent to an activating group) is 1. The van der Waals surface area contributed by atoms with Crippen molar-refractivity contribution in [1.29, 1.82) is 0 Å². The molecular weight excluding hydrogens is 230 g/mol. The number of nitrogens with zero attached hydrogens (tertiary/aromatic N) is 1. The Morgan fingerprint density at radius 3 is 2.37 bits per heavy atom. The van der Waals surface area contributed by atoms with Crippen molar-refractivity contribution in [2.45, 2.75) is 26.8 Å². The van der Waals surface area contributed by atoms with E-state index < -0.39 is 0 Å². The molecule has 0 amide bonds. The van der Waals surface area contributed by atoms with Crippen LogP contribution in [0.15, 0.2) is 36.4 Å². The summed E-state index contributed by atoms with van der Waals surface area (Å²) in [6.45, 7) is 6.68. The molecule has 0 saturated carbocycles. The van der Waals surface area contributed by atoms with Crippen molar-refractivity contribution in [3.63, 3.8) is 0 Å². The van der Waals surface area contributed by atoms with Gasteiger partial charge in [-0.05, 0) is 60.7 Å². The third kappa shape index (κ3) is 2.19. The highest BCUT2D eigenvalue weighted by Gasteiger charge is 2.18. The predicted octanol–water partition coefficient (Wildman–Crippen LogP) is 3.96. The fourth-order valence-corrected chi connectivity index (χ4v) is 3.22. The molecule has 1 aliphatic heterocycles. The average Bonchev–Trinajstić information content (AvgIpc) is 2.38. The van der Waals surface area contributed by atoms with Crippen LogP contribution in [0.25, 0.3) is 11.1 Å². The Balaban J connectivity index is 2.19. The van der Waals surface area contributed by atoms with Crippen LogP contribution in [0.3, 0.4) is 0 Å². The van der Waals surface area contributed by atoms with Gasteiger partial charge >= 0.3 is 0 Å². The first kappa shape index (κ1) is 12.4. The standard InChI is InChI=1S/C18H21N/c1-13-6-4-7-14(2)18(13)17-9-5-8-15-12-19(3)11-10-16(15)17/h4-9H,10-12H2,1-3H3.